The molecule has 0 fully saturated rings. The van der Waals surface area contributed by atoms with Crippen LogP contribution in [0.4, 0.5) is 0 Å². The molecule has 7 nitrogen and oxygen atoms in total. The number of aromatic nitrogens is 3. The van der Waals surface area contributed by atoms with Crippen molar-refractivity contribution in [1.29, 1.82) is 0 Å². The van der Waals surface area contributed by atoms with E-state index in [1.807, 2.05) is 0 Å². The molecule has 2 heterocycles. The maximum atomic E-state index is 12.3. The topological polar surface area (TPSA) is 97.3 Å². The van der Waals surface area contributed by atoms with E-state index in [4.69, 9.17) is 9.47 Å². The summed E-state index contributed by atoms with van der Waals surface area (Å²) in [6.07, 6.45) is 2.87. The molecule has 112 valence electrons. The third-order valence-corrected chi connectivity index (χ3v) is 3.29. The van der Waals surface area contributed by atoms with Gasteiger partial charge >= 0.3 is 0 Å². The van der Waals surface area contributed by atoms with Crippen LogP contribution >= 0.6 is 0 Å². The smallest absolute Gasteiger partial charge is 0.261 e. The molecule has 0 unspecified atom stereocenters. The van der Waals surface area contributed by atoms with Crippen LogP contribution in [0, 0.1) is 0 Å². The van der Waals surface area contributed by atoms with Crippen molar-refractivity contribution < 1.29 is 14.6 Å². The Hall–Kier alpha value is -3.09. The zero-order chi connectivity index (χ0) is 15.7. The number of H-pyrrole nitrogens is 1. The number of methoxy groups -OCH3 is 2. The van der Waals surface area contributed by atoms with Crippen molar-refractivity contribution in [2.45, 2.75) is 0 Å². The number of hydrogen-bond donors (Lipinski definition) is 2. The van der Waals surface area contributed by atoms with E-state index in [1.165, 1.54) is 26.6 Å². The first kappa shape index (κ1) is 13.9. The highest BCUT2D eigenvalue weighted by Gasteiger charge is 2.20. The van der Waals surface area contributed by atoms with E-state index in [2.05, 4.69) is 15.0 Å². The van der Waals surface area contributed by atoms with Crippen LogP contribution in [0.2, 0.25) is 0 Å². The average Bonchev–Trinajstić information content (AvgIpc) is 2.54. The lowest BCUT2D eigenvalue weighted by molar-refractivity contribution is 0.356. The second-order valence-corrected chi connectivity index (χ2v) is 4.47. The summed E-state index contributed by atoms with van der Waals surface area (Å²) < 4.78 is 10.5. The highest BCUT2D eigenvalue weighted by atomic mass is 16.5. The number of fused-ring (bicyclic) bond motifs is 1. The molecule has 0 aliphatic rings. The van der Waals surface area contributed by atoms with Crippen LogP contribution in [0.15, 0.2) is 35.4 Å². The Balaban J connectivity index is 2.39. The Kier molecular flexibility index (Phi) is 3.38. The van der Waals surface area contributed by atoms with E-state index in [9.17, 15) is 9.90 Å². The molecule has 3 rings (SSSR count). The Morgan fingerprint density at radius 2 is 1.91 bits per heavy atom. The van der Waals surface area contributed by atoms with E-state index in [1.54, 1.807) is 18.2 Å². The zero-order valence-corrected chi connectivity index (χ0v) is 12.0. The number of rotatable bonds is 3. The number of aromatic hydroxyl groups is 1. The molecule has 0 spiro atoms. The van der Waals surface area contributed by atoms with Crippen LogP contribution in [0.25, 0.3) is 22.3 Å². The fraction of sp³-hybridized carbons (Fsp3) is 0.133. The normalized spacial score (nSPS) is 10.6. The number of pyridine rings is 1. The van der Waals surface area contributed by atoms with Crippen molar-refractivity contribution >= 4 is 11.2 Å². The van der Waals surface area contributed by atoms with Gasteiger partial charge in [0.15, 0.2) is 22.9 Å². The molecule has 0 radical (unpaired) electrons. The minimum atomic E-state index is -0.489. The van der Waals surface area contributed by atoms with Crippen molar-refractivity contribution in [3.8, 4) is 28.4 Å². The van der Waals surface area contributed by atoms with Gasteiger partial charge in [0, 0.05) is 18.0 Å². The second-order valence-electron chi connectivity index (χ2n) is 4.47. The van der Waals surface area contributed by atoms with Crippen LogP contribution in [0.3, 0.4) is 0 Å². The Morgan fingerprint density at radius 3 is 2.64 bits per heavy atom. The van der Waals surface area contributed by atoms with Crippen molar-refractivity contribution in [2.75, 3.05) is 14.2 Å². The summed E-state index contributed by atoms with van der Waals surface area (Å²) in [5.41, 5.74) is 0.409. The van der Waals surface area contributed by atoms with Gasteiger partial charge in [0.05, 0.1) is 19.8 Å². The summed E-state index contributed by atoms with van der Waals surface area (Å²) in [6.45, 7) is 0. The molecule has 0 aliphatic carbocycles. The summed E-state index contributed by atoms with van der Waals surface area (Å²) in [7, 11) is 2.96. The Bertz CT molecular complexity index is 905. The monoisotopic (exact) mass is 299 g/mol. The third-order valence-electron chi connectivity index (χ3n) is 3.29. The first-order valence-corrected chi connectivity index (χ1v) is 6.44. The number of benzene rings is 1. The molecular formula is C15H13N3O4. The molecule has 0 bridgehead atoms. The second kappa shape index (κ2) is 5.36. The molecule has 22 heavy (non-hydrogen) atoms. The van der Waals surface area contributed by atoms with Crippen LogP contribution in [-0.2, 0) is 0 Å². The molecule has 2 N–H and O–H groups in total. The molecule has 2 aromatic heterocycles. The number of nitrogens with one attached hydrogen (secondary N) is 1. The summed E-state index contributed by atoms with van der Waals surface area (Å²) in [4.78, 5) is 23.0. The molecule has 3 aromatic rings. The zero-order valence-electron chi connectivity index (χ0n) is 12.0. The number of nitrogens with zero attached hydrogens (tertiary/aromatic N) is 2. The van der Waals surface area contributed by atoms with Gasteiger partial charge in [-0.1, -0.05) is 12.1 Å². The quantitative estimate of drug-likeness (QED) is 0.764. The van der Waals surface area contributed by atoms with Crippen LogP contribution in [-0.4, -0.2) is 34.3 Å². The maximum absolute atomic E-state index is 12.3. The molecule has 0 saturated heterocycles. The molecule has 0 aliphatic heterocycles. The number of para-hydroxylation sites is 1. The lowest BCUT2D eigenvalue weighted by atomic mass is 10.0. The lowest BCUT2D eigenvalue weighted by Gasteiger charge is -2.13. The van der Waals surface area contributed by atoms with Crippen molar-refractivity contribution in [2.24, 2.45) is 0 Å². The fourth-order valence-electron chi connectivity index (χ4n) is 2.33. The van der Waals surface area contributed by atoms with E-state index >= 15 is 0 Å². The van der Waals surface area contributed by atoms with Gasteiger partial charge in [0.1, 0.15) is 5.52 Å². The minimum absolute atomic E-state index is 0.0590. The van der Waals surface area contributed by atoms with Crippen molar-refractivity contribution in [3.05, 3.63) is 40.9 Å². The summed E-state index contributed by atoms with van der Waals surface area (Å²) in [5.74, 6) is 0.561. The van der Waals surface area contributed by atoms with E-state index in [0.717, 1.165) is 0 Å². The standard InChI is InChI=1S/C15H13N3O4/c1-21-9-5-3-4-8(13(9)22-2)10-12(19)11-14(18-15(10)20)17-7-6-16-11/h3-7H,1-2H3,(H2,17,18,19,20). The Labute approximate surface area is 125 Å². The van der Waals surface area contributed by atoms with Crippen LogP contribution in [0.5, 0.6) is 17.2 Å². The minimum Gasteiger partial charge on any atom is -0.505 e. The van der Waals surface area contributed by atoms with Gasteiger partial charge < -0.3 is 19.6 Å². The van der Waals surface area contributed by atoms with Crippen molar-refractivity contribution in [1.82, 2.24) is 15.0 Å². The Morgan fingerprint density at radius 1 is 1.14 bits per heavy atom. The summed E-state index contributed by atoms with van der Waals surface area (Å²) in [6, 6.07) is 5.07. The molecular weight excluding hydrogens is 286 g/mol. The maximum Gasteiger partial charge on any atom is 0.261 e. The third kappa shape index (κ3) is 2.03. The molecule has 0 amide bonds. The number of ether oxygens (including phenoxy) is 2. The fourth-order valence-corrected chi connectivity index (χ4v) is 2.33. The van der Waals surface area contributed by atoms with E-state index in [0.29, 0.717) is 17.1 Å². The van der Waals surface area contributed by atoms with E-state index in [-0.39, 0.29) is 22.5 Å². The van der Waals surface area contributed by atoms with Crippen LogP contribution in [0.1, 0.15) is 0 Å². The van der Waals surface area contributed by atoms with Gasteiger partial charge in [-0.05, 0) is 6.07 Å². The van der Waals surface area contributed by atoms with Gasteiger partial charge in [0.25, 0.3) is 5.56 Å². The highest BCUT2D eigenvalue weighted by Crippen LogP contribution is 2.40. The number of aromatic amines is 1. The number of hydrogen-bond acceptors (Lipinski definition) is 6. The van der Waals surface area contributed by atoms with Crippen LogP contribution < -0.4 is 15.0 Å². The van der Waals surface area contributed by atoms with Gasteiger partial charge in [-0.2, -0.15) is 0 Å². The lowest BCUT2D eigenvalue weighted by Crippen LogP contribution is -2.11. The van der Waals surface area contributed by atoms with Gasteiger partial charge in [-0.15, -0.1) is 0 Å². The first-order chi connectivity index (χ1) is 10.7. The molecule has 0 saturated carbocycles. The summed E-state index contributed by atoms with van der Waals surface area (Å²) >= 11 is 0. The summed E-state index contributed by atoms with van der Waals surface area (Å²) in [5, 5.41) is 10.4. The predicted octanol–water partition coefficient (Wildman–Crippen LogP) is 1.71. The first-order valence-electron chi connectivity index (χ1n) is 6.44. The molecule has 1 aromatic carbocycles. The molecule has 7 heteroatoms. The van der Waals surface area contributed by atoms with Gasteiger partial charge in [-0.3, -0.25) is 4.79 Å². The average molecular weight is 299 g/mol. The van der Waals surface area contributed by atoms with Crippen molar-refractivity contribution in [3.63, 3.8) is 0 Å². The SMILES string of the molecule is COc1cccc(-c2c(O)c3nccnc3[nH]c2=O)c1OC. The van der Waals surface area contributed by atoms with Gasteiger partial charge in [0.2, 0.25) is 0 Å². The van der Waals surface area contributed by atoms with Gasteiger partial charge in [-0.25, -0.2) is 9.97 Å². The van der Waals surface area contributed by atoms with E-state index < -0.39 is 5.56 Å². The molecule has 0 atom stereocenters. The predicted molar refractivity (Wildman–Crippen MR) is 80.4 cm³/mol. The largest absolute Gasteiger partial charge is 0.505 e. The highest BCUT2D eigenvalue weighted by molar-refractivity contribution is 5.88.